The number of anilines is 1. The van der Waals surface area contributed by atoms with E-state index in [1.807, 2.05) is 18.2 Å². The minimum Gasteiger partial charge on any atom is -0.301 e. The van der Waals surface area contributed by atoms with Crippen LogP contribution < -0.4 is 10.2 Å². The van der Waals surface area contributed by atoms with Gasteiger partial charge in [0.1, 0.15) is 6.04 Å². The first-order valence-corrected chi connectivity index (χ1v) is 14.3. The van der Waals surface area contributed by atoms with E-state index in [1.165, 1.54) is 43.6 Å². The highest BCUT2D eigenvalue weighted by Gasteiger charge is 2.40. The van der Waals surface area contributed by atoms with Gasteiger partial charge >= 0.3 is 0 Å². The zero-order valence-corrected chi connectivity index (χ0v) is 22.2. The van der Waals surface area contributed by atoms with Crippen LogP contribution in [0.15, 0.2) is 54.6 Å². The van der Waals surface area contributed by atoms with Gasteiger partial charge in [-0.25, -0.2) is 0 Å². The van der Waals surface area contributed by atoms with Crippen molar-refractivity contribution in [1.29, 1.82) is 0 Å². The van der Waals surface area contributed by atoms with Crippen molar-refractivity contribution in [2.75, 3.05) is 37.6 Å². The van der Waals surface area contributed by atoms with Crippen molar-refractivity contribution in [3.63, 3.8) is 0 Å². The number of amides is 3. The molecule has 1 N–H and O–H groups in total. The van der Waals surface area contributed by atoms with E-state index >= 15 is 0 Å². The Morgan fingerprint density at radius 3 is 2.28 bits per heavy atom. The Hall–Kier alpha value is -3.55. The van der Waals surface area contributed by atoms with Gasteiger partial charge in [-0.1, -0.05) is 42.5 Å². The van der Waals surface area contributed by atoms with E-state index in [9.17, 15) is 14.4 Å². The molecule has 3 aromatic rings. The first-order valence-electron chi connectivity index (χ1n) is 14.3. The van der Waals surface area contributed by atoms with E-state index in [4.69, 9.17) is 0 Å². The molecule has 3 amide bonds. The summed E-state index contributed by atoms with van der Waals surface area (Å²) in [6.45, 7) is 6.94. The smallest absolute Gasteiger partial charge is 0.259 e. The summed E-state index contributed by atoms with van der Waals surface area (Å²) in [7, 11) is 0. The first kappa shape index (κ1) is 24.5. The summed E-state index contributed by atoms with van der Waals surface area (Å²) in [5.74, 6) is 0.121. The summed E-state index contributed by atoms with van der Waals surface area (Å²) in [6, 6.07) is 18.2. The highest BCUT2D eigenvalue weighted by molar-refractivity contribution is 6.27. The van der Waals surface area contributed by atoms with E-state index in [0.29, 0.717) is 12.0 Å². The summed E-state index contributed by atoms with van der Waals surface area (Å²) < 4.78 is 0. The van der Waals surface area contributed by atoms with Crippen molar-refractivity contribution >= 4 is 34.2 Å². The lowest BCUT2D eigenvalue weighted by Crippen LogP contribution is -2.53. The number of piperidine rings is 1. The predicted octanol–water partition coefficient (Wildman–Crippen LogP) is 3.72. The van der Waals surface area contributed by atoms with Crippen LogP contribution in [0.2, 0.25) is 0 Å². The van der Waals surface area contributed by atoms with Crippen molar-refractivity contribution in [3.8, 4) is 0 Å². The molecule has 4 aliphatic rings. The fraction of sp³-hybridized carbons (Fsp3) is 0.406. The third-order valence-electron chi connectivity index (χ3n) is 8.84. The van der Waals surface area contributed by atoms with Gasteiger partial charge in [-0.2, -0.15) is 0 Å². The van der Waals surface area contributed by atoms with Crippen molar-refractivity contribution in [1.82, 2.24) is 15.1 Å². The molecule has 1 saturated carbocycles. The second kappa shape index (κ2) is 9.88. The molecule has 3 heterocycles. The minimum atomic E-state index is -0.662. The van der Waals surface area contributed by atoms with E-state index in [1.54, 1.807) is 4.90 Å². The topological polar surface area (TPSA) is 73.0 Å². The normalized spacial score (nSPS) is 22.1. The molecule has 7 nitrogen and oxygen atoms in total. The molecular formula is C32H34N4O3. The molecule has 3 aromatic carbocycles. The lowest BCUT2D eigenvalue weighted by Gasteiger charge is -2.34. The van der Waals surface area contributed by atoms with Gasteiger partial charge in [0.05, 0.1) is 5.69 Å². The van der Waals surface area contributed by atoms with E-state index < -0.39 is 11.9 Å². The van der Waals surface area contributed by atoms with Crippen LogP contribution in [0.25, 0.3) is 10.8 Å². The van der Waals surface area contributed by atoms with Gasteiger partial charge in [-0.05, 0) is 65.8 Å². The highest BCUT2D eigenvalue weighted by atomic mass is 16.2. The number of nitrogens with one attached hydrogen (secondary N) is 1. The molecule has 3 aliphatic heterocycles. The van der Waals surface area contributed by atoms with Gasteiger partial charge in [0.2, 0.25) is 11.8 Å². The maximum atomic E-state index is 13.4. The fourth-order valence-electron chi connectivity index (χ4n) is 6.49. The number of hydrogen-bond donors (Lipinski definition) is 1. The van der Waals surface area contributed by atoms with Crippen LogP contribution in [-0.4, -0.2) is 66.3 Å². The largest absolute Gasteiger partial charge is 0.301 e. The van der Waals surface area contributed by atoms with Gasteiger partial charge in [-0.3, -0.25) is 29.5 Å². The molecule has 0 aromatic heterocycles. The quantitative estimate of drug-likeness (QED) is 0.479. The number of piperazine rings is 1. The minimum absolute atomic E-state index is 0.167. The van der Waals surface area contributed by atoms with Crippen LogP contribution in [0.4, 0.5) is 5.69 Å². The zero-order chi connectivity index (χ0) is 26.5. The average Bonchev–Trinajstić information content (AvgIpc) is 3.72. The summed E-state index contributed by atoms with van der Waals surface area (Å²) in [6.07, 6.45) is 4.20. The third kappa shape index (κ3) is 4.74. The molecule has 39 heavy (non-hydrogen) atoms. The van der Waals surface area contributed by atoms with Crippen LogP contribution in [0, 0.1) is 5.92 Å². The van der Waals surface area contributed by atoms with Gasteiger partial charge in [-0.15, -0.1) is 0 Å². The van der Waals surface area contributed by atoms with Crippen molar-refractivity contribution in [2.45, 2.75) is 44.7 Å². The molecule has 1 unspecified atom stereocenters. The molecule has 0 spiro atoms. The van der Waals surface area contributed by atoms with E-state index in [2.05, 4.69) is 51.5 Å². The number of rotatable bonds is 7. The summed E-state index contributed by atoms with van der Waals surface area (Å²) >= 11 is 0. The fourth-order valence-corrected chi connectivity index (χ4v) is 6.49. The van der Waals surface area contributed by atoms with Gasteiger partial charge in [0.25, 0.3) is 5.91 Å². The molecular weight excluding hydrogens is 488 g/mol. The molecule has 2 saturated heterocycles. The molecule has 7 rings (SSSR count). The van der Waals surface area contributed by atoms with Crippen LogP contribution >= 0.6 is 0 Å². The van der Waals surface area contributed by atoms with Crippen LogP contribution in [0.5, 0.6) is 0 Å². The van der Waals surface area contributed by atoms with Crippen molar-refractivity contribution < 1.29 is 14.4 Å². The number of nitrogens with zero attached hydrogens (tertiary/aromatic N) is 3. The SMILES string of the molecule is O=C1CCC(N2C(=O)c3cccc4c(Cc5ccc(CN6CCN(CC7CC7)CC6)cc5)ccc2c34)C(=O)N1. The summed E-state index contributed by atoms with van der Waals surface area (Å²) in [5.41, 5.74) is 5.13. The Balaban J connectivity index is 1.06. The Labute approximate surface area is 228 Å². The maximum absolute atomic E-state index is 13.4. The Bertz CT molecular complexity index is 1450. The monoisotopic (exact) mass is 522 g/mol. The van der Waals surface area contributed by atoms with E-state index in [0.717, 1.165) is 54.0 Å². The number of hydrogen-bond acceptors (Lipinski definition) is 5. The number of imide groups is 1. The second-order valence-electron chi connectivity index (χ2n) is 11.6. The molecule has 7 heteroatoms. The van der Waals surface area contributed by atoms with E-state index in [-0.39, 0.29) is 18.2 Å². The lowest BCUT2D eigenvalue weighted by atomic mass is 9.95. The standard InChI is InChI=1S/C32H34N4O3/c37-29-13-12-28(31(38)33-29)36-27-11-10-24(25-2-1-3-26(30(25)27)32(36)39)18-21-4-6-22(7-5-21)19-34-14-16-35(17-15-34)20-23-8-9-23/h1-7,10-11,23,28H,8-9,12-20H2,(H,33,37,38). The second-order valence-corrected chi connectivity index (χ2v) is 11.6. The maximum Gasteiger partial charge on any atom is 0.259 e. The number of carbonyl (C=O) groups excluding carboxylic acids is 3. The molecule has 3 fully saturated rings. The summed E-state index contributed by atoms with van der Waals surface area (Å²) in [5, 5.41) is 4.34. The van der Waals surface area contributed by atoms with Crippen LogP contribution in [0.1, 0.15) is 52.7 Å². The Morgan fingerprint density at radius 2 is 1.54 bits per heavy atom. The third-order valence-corrected chi connectivity index (χ3v) is 8.84. The lowest BCUT2D eigenvalue weighted by molar-refractivity contribution is -0.134. The van der Waals surface area contributed by atoms with Gasteiger partial charge in [0, 0.05) is 56.6 Å². The Morgan fingerprint density at radius 1 is 0.795 bits per heavy atom. The van der Waals surface area contributed by atoms with Gasteiger partial charge in [0.15, 0.2) is 0 Å². The first-order chi connectivity index (χ1) is 19.0. The predicted molar refractivity (Wildman–Crippen MR) is 151 cm³/mol. The molecule has 1 atom stereocenters. The highest BCUT2D eigenvalue weighted by Crippen LogP contribution is 2.41. The van der Waals surface area contributed by atoms with Gasteiger partial charge < -0.3 is 4.90 Å². The number of benzene rings is 3. The van der Waals surface area contributed by atoms with Crippen LogP contribution in [0.3, 0.4) is 0 Å². The van der Waals surface area contributed by atoms with Crippen molar-refractivity contribution in [2.24, 2.45) is 5.92 Å². The average molecular weight is 523 g/mol. The van der Waals surface area contributed by atoms with Crippen molar-refractivity contribution in [3.05, 3.63) is 76.9 Å². The molecule has 200 valence electrons. The Kier molecular flexibility index (Phi) is 6.21. The molecule has 0 radical (unpaired) electrons. The summed E-state index contributed by atoms with van der Waals surface area (Å²) in [4.78, 5) is 44.4. The molecule has 0 bridgehead atoms. The zero-order valence-electron chi connectivity index (χ0n) is 22.2. The number of carbonyl (C=O) groups is 3. The van der Waals surface area contributed by atoms with Crippen LogP contribution in [-0.2, 0) is 22.6 Å². The molecule has 1 aliphatic carbocycles.